The van der Waals surface area contributed by atoms with Gasteiger partial charge in [-0.05, 0) is 59.5 Å². The van der Waals surface area contributed by atoms with Gasteiger partial charge in [0.25, 0.3) is 5.91 Å². The van der Waals surface area contributed by atoms with E-state index < -0.39 is 0 Å². The molecule has 1 N–H and O–H groups in total. The Hall–Kier alpha value is -4.44. The fourth-order valence-corrected chi connectivity index (χ4v) is 3.79. The summed E-state index contributed by atoms with van der Waals surface area (Å²) in [5.41, 5.74) is 5.55. The molecular weight excluding hydrogens is 432 g/mol. The first kappa shape index (κ1) is 23.7. The Kier molecular flexibility index (Phi) is 7.87. The zero-order chi connectivity index (χ0) is 24.5. The smallest absolute Gasteiger partial charge is 0.251 e. The van der Waals surface area contributed by atoms with Gasteiger partial charge in [-0.1, -0.05) is 84.9 Å². The Morgan fingerprint density at radius 1 is 0.771 bits per heavy atom. The van der Waals surface area contributed by atoms with Crippen LogP contribution in [0.5, 0.6) is 0 Å². The summed E-state index contributed by atoms with van der Waals surface area (Å²) in [4.78, 5) is 27.4. The van der Waals surface area contributed by atoms with Crippen molar-refractivity contribution in [2.45, 2.75) is 19.9 Å². The van der Waals surface area contributed by atoms with Crippen molar-refractivity contribution in [3.63, 3.8) is 0 Å². The molecule has 0 unspecified atom stereocenters. The van der Waals surface area contributed by atoms with Crippen LogP contribution in [0.4, 0.5) is 11.4 Å². The Morgan fingerprint density at radius 3 is 2.14 bits per heavy atom. The van der Waals surface area contributed by atoms with Gasteiger partial charge in [0.1, 0.15) is 0 Å². The average Bonchev–Trinajstić information content (AvgIpc) is 2.88. The van der Waals surface area contributed by atoms with E-state index in [1.54, 1.807) is 11.0 Å². The molecule has 0 aromatic heterocycles. The zero-order valence-electron chi connectivity index (χ0n) is 19.7. The molecule has 0 fully saturated rings. The lowest BCUT2D eigenvalue weighted by molar-refractivity contribution is -0.116. The summed E-state index contributed by atoms with van der Waals surface area (Å²) >= 11 is 0. The third-order valence-electron chi connectivity index (χ3n) is 5.58. The van der Waals surface area contributed by atoms with Crippen LogP contribution >= 0.6 is 0 Å². The molecule has 2 amide bonds. The molecule has 35 heavy (non-hydrogen) atoms. The quantitative estimate of drug-likeness (QED) is 0.308. The highest BCUT2D eigenvalue weighted by atomic mass is 16.2. The van der Waals surface area contributed by atoms with Crippen LogP contribution in [0.25, 0.3) is 6.08 Å². The molecule has 0 heterocycles. The maximum absolute atomic E-state index is 13.2. The molecule has 4 nitrogen and oxygen atoms in total. The number of benzene rings is 4. The van der Waals surface area contributed by atoms with Gasteiger partial charge in [0.05, 0.1) is 13.0 Å². The van der Waals surface area contributed by atoms with E-state index >= 15 is 0 Å². The number of carbonyl (C=O) groups is 2. The minimum absolute atomic E-state index is 0.0774. The van der Waals surface area contributed by atoms with E-state index in [4.69, 9.17) is 0 Å². The van der Waals surface area contributed by atoms with Gasteiger partial charge < -0.3 is 10.2 Å². The first-order valence-corrected chi connectivity index (χ1v) is 11.6. The summed E-state index contributed by atoms with van der Waals surface area (Å²) in [6.07, 6.45) is 3.68. The number of hydrogen-bond donors (Lipinski definition) is 1. The summed E-state index contributed by atoms with van der Waals surface area (Å²) in [5, 5.41) is 2.94. The monoisotopic (exact) mass is 460 g/mol. The van der Waals surface area contributed by atoms with Crippen LogP contribution in [-0.2, 0) is 22.6 Å². The van der Waals surface area contributed by atoms with Crippen molar-refractivity contribution in [2.75, 3.05) is 10.2 Å². The third-order valence-corrected chi connectivity index (χ3v) is 5.58. The van der Waals surface area contributed by atoms with Crippen LogP contribution in [0.15, 0.2) is 115 Å². The van der Waals surface area contributed by atoms with E-state index in [1.807, 2.05) is 122 Å². The Bertz CT molecular complexity index is 1300. The van der Waals surface area contributed by atoms with Gasteiger partial charge in [0, 0.05) is 17.5 Å². The molecule has 0 aliphatic carbocycles. The zero-order valence-corrected chi connectivity index (χ0v) is 19.7. The van der Waals surface area contributed by atoms with E-state index in [1.165, 1.54) is 0 Å². The molecule has 0 radical (unpaired) electrons. The summed E-state index contributed by atoms with van der Waals surface area (Å²) in [6, 6.07) is 35.0. The number of rotatable bonds is 8. The second kappa shape index (κ2) is 11.6. The van der Waals surface area contributed by atoms with Gasteiger partial charge in [-0.15, -0.1) is 0 Å². The third kappa shape index (κ3) is 7.02. The van der Waals surface area contributed by atoms with E-state index in [0.717, 1.165) is 33.6 Å². The van der Waals surface area contributed by atoms with Crippen LogP contribution in [0, 0.1) is 6.92 Å². The van der Waals surface area contributed by atoms with Gasteiger partial charge >= 0.3 is 0 Å². The molecular formula is C31H28N2O2. The lowest BCUT2D eigenvalue weighted by Gasteiger charge is -2.22. The first-order valence-electron chi connectivity index (χ1n) is 11.6. The highest BCUT2D eigenvalue weighted by Gasteiger charge is 2.15. The van der Waals surface area contributed by atoms with Gasteiger partial charge in [0.2, 0.25) is 5.91 Å². The van der Waals surface area contributed by atoms with Gasteiger partial charge in [-0.3, -0.25) is 9.59 Å². The fraction of sp³-hybridized carbons (Fsp3) is 0.0968. The van der Waals surface area contributed by atoms with Crippen molar-refractivity contribution in [2.24, 2.45) is 0 Å². The average molecular weight is 461 g/mol. The standard InChI is InChI=1S/C31H28N2O2/c1-24-9-8-14-28(21-24)32-30(34)22-26-15-18-29(19-16-26)33(23-27-12-6-3-7-13-27)31(35)20-17-25-10-4-2-5-11-25/h2-21H,22-23H2,1H3,(H,32,34)/b20-17+. The largest absolute Gasteiger partial charge is 0.326 e. The van der Waals surface area contributed by atoms with Crippen molar-refractivity contribution in [1.82, 2.24) is 0 Å². The number of anilines is 2. The Labute approximate surface area is 206 Å². The van der Waals surface area contributed by atoms with Crippen LogP contribution in [-0.4, -0.2) is 11.8 Å². The van der Waals surface area contributed by atoms with E-state index in [0.29, 0.717) is 6.54 Å². The summed E-state index contributed by atoms with van der Waals surface area (Å²) < 4.78 is 0. The minimum Gasteiger partial charge on any atom is -0.326 e. The number of hydrogen-bond acceptors (Lipinski definition) is 2. The predicted molar refractivity (Wildman–Crippen MR) is 143 cm³/mol. The van der Waals surface area contributed by atoms with E-state index in [2.05, 4.69) is 5.32 Å². The molecule has 0 saturated heterocycles. The van der Waals surface area contributed by atoms with E-state index in [-0.39, 0.29) is 18.2 Å². The van der Waals surface area contributed by atoms with Crippen molar-refractivity contribution in [3.8, 4) is 0 Å². The maximum Gasteiger partial charge on any atom is 0.251 e. The summed E-state index contributed by atoms with van der Waals surface area (Å²) in [5.74, 6) is -0.186. The number of carbonyl (C=O) groups excluding carboxylic acids is 2. The molecule has 4 aromatic rings. The predicted octanol–water partition coefficient (Wildman–Crippen LogP) is 6.42. The van der Waals surface area contributed by atoms with Crippen LogP contribution < -0.4 is 10.2 Å². The first-order chi connectivity index (χ1) is 17.1. The summed E-state index contributed by atoms with van der Waals surface area (Å²) in [7, 11) is 0. The normalized spacial score (nSPS) is 10.8. The van der Waals surface area contributed by atoms with Crippen molar-refractivity contribution in [1.29, 1.82) is 0 Å². The van der Waals surface area contributed by atoms with Crippen molar-refractivity contribution >= 4 is 29.3 Å². The molecule has 0 aliphatic heterocycles. The number of nitrogens with one attached hydrogen (secondary N) is 1. The number of amides is 2. The van der Waals surface area contributed by atoms with Crippen LogP contribution in [0.3, 0.4) is 0 Å². The molecule has 4 heteroatoms. The molecule has 4 rings (SSSR count). The molecule has 0 spiro atoms. The molecule has 4 aromatic carbocycles. The highest BCUT2D eigenvalue weighted by Crippen LogP contribution is 2.20. The molecule has 174 valence electrons. The SMILES string of the molecule is Cc1cccc(NC(=O)Cc2ccc(N(Cc3ccccc3)C(=O)/C=C/c3ccccc3)cc2)c1. The van der Waals surface area contributed by atoms with Gasteiger partial charge in [-0.2, -0.15) is 0 Å². The lowest BCUT2D eigenvalue weighted by atomic mass is 10.1. The van der Waals surface area contributed by atoms with E-state index in [9.17, 15) is 9.59 Å². The molecule has 0 aliphatic rings. The van der Waals surface area contributed by atoms with Gasteiger partial charge in [0.15, 0.2) is 0 Å². The van der Waals surface area contributed by atoms with Crippen LogP contribution in [0.1, 0.15) is 22.3 Å². The fourth-order valence-electron chi connectivity index (χ4n) is 3.79. The second-order valence-electron chi connectivity index (χ2n) is 8.41. The lowest BCUT2D eigenvalue weighted by Crippen LogP contribution is -2.28. The topological polar surface area (TPSA) is 49.4 Å². The molecule has 0 bridgehead atoms. The highest BCUT2D eigenvalue weighted by molar-refractivity contribution is 6.03. The molecule has 0 atom stereocenters. The number of nitrogens with zero attached hydrogens (tertiary/aromatic N) is 1. The Balaban J connectivity index is 1.49. The number of aryl methyl sites for hydroxylation is 1. The molecule has 0 saturated carbocycles. The maximum atomic E-state index is 13.2. The Morgan fingerprint density at radius 2 is 1.46 bits per heavy atom. The van der Waals surface area contributed by atoms with Crippen LogP contribution in [0.2, 0.25) is 0 Å². The van der Waals surface area contributed by atoms with Gasteiger partial charge in [-0.25, -0.2) is 0 Å². The summed E-state index contributed by atoms with van der Waals surface area (Å²) in [6.45, 7) is 2.44. The van der Waals surface area contributed by atoms with Crippen molar-refractivity contribution < 1.29 is 9.59 Å². The second-order valence-corrected chi connectivity index (χ2v) is 8.41. The van der Waals surface area contributed by atoms with Crippen molar-refractivity contribution in [3.05, 3.63) is 138 Å². The minimum atomic E-state index is -0.109.